The molecule has 13 heteroatoms. The maximum Gasteiger partial charge on any atom is 0.243 e. The second kappa shape index (κ2) is 18.7. The van der Waals surface area contributed by atoms with Crippen LogP contribution in [0.2, 0.25) is 0 Å². The van der Waals surface area contributed by atoms with Crippen molar-refractivity contribution in [2.75, 3.05) is 33.3 Å². The molecule has 300 valence electrons. The van der Waals surface area contributed by atoms with E-state index in [0.717, 1.165) is 70.6 Å². The number of hydrogen-bond acceptors (Lipinski definition) is 8. The van der Waals surface area contributed by atoms with Crippen molar-refractivity contribution in [1.82, 2.24) is 26.2 Å². The number of hydrogen-bond donors (Lipinski definition) is 5. The lowest BCUT2D eigenvalue weighted by Crippen LogP contribution is -2.63. The zero-order chi connectivity index (χ0) is 38.2. The molecule has 1 spiro atoms. The van der Waals surface area contributed by atoms with Crippen LogP contribution in [0.1, 0.15) is 130 Å². The predicted molar refractivity (Wildman–Crippen MR) is 201 cm³/mol. The van der Waals surface area contributed by atoms with Crippen LogP contribution in [0.15, 0.2) is 0 Å². The molecule has 6 unspecified atom stereocenters. The summed E-state index contributed by atoms with van der Waals surface area (Å²) < 4.78 is 13.2. The summed E-state index contributed by atoms with van der Waals surface area (Å²) in [6.07, 6.45) is 15.3. The summed E-state index contributed by atoms with van der Waals surface area (Å²) in [5, 5.41) is 11.5. The highest BCUT2D eigenvalue weighted by Gasteiger charge is 2.50. The molecule has 1 saturated heterocycles. The van der Waals surface area contributed by atoms with E-state index in [1.807, 2.05) is 20.8 Å². The average Bonchev–Trinajstić information content (AvgIpc) is 3.37. The Kier molecular flexibility index (Phi) is 14.6. The van der Waals surface area contributed by atoms with Gasteiger partial charge in [-0.2, -0.15) is 0 Å². The number of ether oxygens (including phenoxy) is 2. The lowest BCUT2D eigenvalue weighted by Gasteiger charge is -2.55. The highest BCUT2D eigenvalue weighted by atomic mass is 16.5. The van der Waals surface area contributed by atoms with Crippen molar-refractivity contribution in [2.45, 2.75) is 166 Å². The Balaban J connectivity index is 1.43. The molecule has 4 saturated carbocycles. The van der Waals surface area contributed by atoms with Gasteiger partial charge in [-0.05, 0) is 94.8 Å². The highest BCUT2D eigenvalue weighted by molar-refractivity contribution is 5.94. The van der Waals surface area contributed by atoms with Crippen molar-refractivity contribution in [3.05, 3.63) is 0 Å². The summed E-state index contributed by atoms with van der Waals surface area (Å²) in [5.41, 5.74) is 5.68. The van der Waals surface area contributed by atoms with Gasteiger partial charge in [-0.15, -0.1) is 0 Å². The van der Waals surface area contributed by atoms with Crippen LogP contribution in [-0.2, 0) is 33.4 Å². The second-order valence-electron chi connectivity index (χ2n) is 17.4. The van der Waals surface area contributed by atoms with Gasteiger partial charge < -0.3 is 41.4 Å². The lowest BCUT2D eigenvalue weighted by atomic mass is 9.51. The van der Waals surface area contributed by atoms with Crippen molar-refractivity contribution >= 4 is 29.5 Å². The van der Waals surface area contributed by atoms with E-state index >= 15 is 0 Å². The molecule has 1 aliphatic heterocycles. The third kappa shape index (κ3) is 10.5. The average molecular weight is 745 g/mol. The zero-order valence-corrected chi connectivity index (χ0v) is 32.9. The van der Waals surface area contributed by atoms with Crippen molar-refractivity contribution < 1.29 is 33.4 Å². The molecular weight excluding hydrogens is 676 g/mol. The fourth-order valence-electron chi connectivity index (χ4n) is 9.44. The molecule has 0 aromatic heterocycles. The van der Waals surface area contributed by atoms with E-state index in [0.29, 0.717) is 30.6 Å². The number of amides is 5. The number of nitrogens with two attached hydrogens (primary N) is 1. The van der Waals surface area contributed by atoms with E-state index in [-0.39, 0.29) is 50.1 Å². The molecule has 5 amide bonds. The first-order valence-corrected chi connectivity index (χ1v) is 20.8. The molecule has 6 atom stereocenters. The zero-order valence-electron chi connectivity index (χ0n) is 32.9. The molecular formula is C40H68N6O7. The standard InChI is InChI=1S/C40H68N6O7/c1-5-12-30-36(49)44-35(28-13-8-6-7-9-14-28)37(50)43-23-33(47)42-24-34(48)45-39(3,32(22-41)53-29-15-10-16-29)25-52-31(26(2)38(51)46(30)4)19-27-20-40(21-27)17-11-18-40/h26-32,35H,5-25,41H2,1-4H3,(H,42,47)(H,43,50)(H,44,49)(H,45,48). The molecule has 5 fully saturated rings. The van der Waals surface area contributed by atoms with Crippen LogP contribution in [0, 0.1) is 23.2 Å². The number of nitrogens with one attached hydrogen (secondary N) is 4. The van der Waals surface area contributed by atoms with Gasteiger partial charge in [-0.1, -0.05) is 52.4 Å². The molecule has 53 heavy (non-hydrogen) atoms. The fourth-order valence-corrected chi connectivity index (χ4v) is 9.44. The van der Waals surface area contributed by atoms with Crippen LogP contribution in [0.4, 0.5) is 0 Å². The Labute approximate surface area is 316 Å². The third-order valence-electron chi connectivity index (χ3n) is 13.2. The summed E-state index contributed by atoms with van der Waals surface area (Å²) in [4.78, 5) is 70.3. The van der Waals surface area contributed by atoms with E-state index in [1.165, 1.54) is 19.3 Å². The van der Waals surface area contributed by atoms with Gasteiger partial charge in [0.25, 0.3) is 0 Å². The summed E-state index contributed by atoms with van der Waals surface area (Å²) in [6, 6.07) is -1.64. The first-order chi connectivity index (χ1) is 25.4. The van der Waals surface area contributed by atoms with Crippen molar-refractivity contribution in [1.29, 1.82) is 0 Å². The predicted octanol–water partition coefficient (Wildman–Crippen LogP) is 3.08. The Bertz CT molecular complexity index is 1270. The molecule has 5 rings (SSSR count). The first-order valence-electron chi connectivity index (χ1n) is 20.8. The van der Waals surface area contributed by atoms with E-state index < -0.39 is 53.5 Å². The Morgan fingerprint density at radius 1 is 0.906 bits per heavy atom. The molecule has 13 nitrogen and oxygen atoms in total. The van der Waals surface area contributed by atoms with Crippen LogP contribution in [-0.4, -0.2) is 104 Å². The largest absolute Gasteiger partial charge is 0.375 e. The summed E-state index contributed by atoms with van der Waals surface area (Å²) in [7, 11) is 1.68. The number of rotatable bonds is 9. The highest BCUT2D eigenvalue weighted by Crippen LogP contribution is 2.60. The monoisotopic (exact) mass is 745 g/mol. The summed E-state index contributed by atoms with van der Waals surface area (Å²) >= 11 is 0. The Morgan fingerprint density at radius 3 is 2.17 bits per heavy atom. The van der Waals surface area contributed by atoms with Crippen LogP contribution >= 0.6 is 0 Å². The van der Waals surface area contributed by atoms with Crippen LogP contribution in [0.25, 0.3) is 0 Å². The van der Waals surface area contributed by atoms with Crippen LogP contribution in [0.3, 0.4) is 0 Å². The Morgan fingerprint density at radius 2 is 1.58 bits per heavy atom. The molecule has 4 aliphatic carbocycles. The van der Waals surface area contributed by atoms with E-state index in [4.69, 9.17) is 15.2 Å². The number of nitrogens with zero attached hydrogens (tertiary/aromatic N) is 1. The molecule has 6 N–H and O–H groups in total. The van der Waals surface area contributed by atoms with Gasteiger partial charge in [-0.25, -0.2) is 0 Å². The molecule has 0 aromatic rings. The van der Waals surface area contributed by atoms with Crippen molar-refractivity contribution in [3.8, 4) is 0 Å². The number of likely N-dealkylation sites (N-methyl/N-ethyl adjacent to an activating group) is 1. The van der Waals surface area contributed by atoms with Gasteiger partial charge in [0.2, 0.25) is 29.5 Å². The third-order valence-corrected chi connectivity index (χ3v) is 13.2. The topological polar surface area (TPSA) is 181 Å². The molecule has 5 aliphatic rings. The fraction of sp³-hybridized carbons (Fsp3) is 0.875. The van der Waals surface area contributed by atoms with E-state index in [1.54, 1.807) is 11.9 Å². The smallest absolute Gasteiger partial charge is 0.243 e. The van der Waals surface area contributed by atoms with Crippen molar-refractivity contribution in [2.24, 2.45) is 28.9 Å². The molecule has 1 heterocycles. The van der Waals surface area contributed by atoms with Gasteiger partial charge >= 0.3 is 0 Å². The van der Waals surface area contributed by atoms with Gasteiger partial charge in [0, 0.05) is 13.6 Å². The van der Waals surface area contributed by atoms with E-state index in [9.17, 15) is 24.0 Å². The maximum absolute atomic E-state index is 14.5. The maximum atomic E-state index is 14.5. The van der Waals surface area contributed by atoms with Gasteiger partial charge in [0.05, 0.1) is 49.5 Å². The summed E-state index contributed by atoms with van der Waals surface area (Å²) in [5.74, 6) is -2.24. The number of carbonyl (C=O) groups is 5. The van der Waals surface area contributed by atoms with Gasteiger partial charge in [0.1, 0.15) is 12.1 Å². The van der Waals surface area contributed by atoms with Gasteiger partial charge in [-0.3, -0.25) is 24.0 Å². The first kappa shape index (κ1) is 41.4. The summed E-state index contributed by atoms with van der Waals surface area (Å²) in [6.45, 7) is 5.22. The minimum Gasteiger partial charge on any atom is -0.375 e. The lowest BCUT2D eigenvalue weighted by molar-refractivity contribution is -0.153. The molecule has 0 radical (unpaired) electrons. The van der Waals surface area contributed by atoms with Gasteiger partial charge in [0.15, 0.2) is 0 Å². The normalized spacial score (nSPS) is 32.7. The second-order valence-corrected chi connectivity index (χ2v) is 17.4. The Hall–Kier alpha value is -2.77. The molecule has 0 aromatic carbocycles. The SMILES string of the molecule is CCCC1C(=O)NC(C2CCCCCC2)C(=O)NCC(=O)NCC(=O)NC(C)(C(CN)OC2CCC2)COC(CC2CC3(CCC3)C2)C(C)C(=O)N1C. The molecule has 0 bridgehead atoms. The number of carbonyl (C=O) groups excluding carboxylic acids is 5. The van der Waals surface area contributed by atoms with Crippen LogP contribution < -0.4 is 27.0 Å². The minimum atomic E-state index is -1.07. The van der Waals surface area contributed by atoms with Crippen molar-refractivity contribution in [3.63, 3.8) is 0 Å². The van der Waals surface area contributed by atoms with E-state index in [2.05, 4.69) is 21.3 Å². The quantitative estimate of drug-likeness (QED) is 0.224. The van der Waals surface area contributed by atoms with Crippen LogP contribution in [0.5, 0.6) is 0 Å². The minimum absolute atomic E-state index is 0.0413.